The fourth-order valence-electron chi connectivity index (χ4n) is 7.27. The van der Waals surface area contributed by atoms with Crippen LogP contribution in [0.4, 0.5) is 0 Å². The molecular weight excluding hydrogens is 556 g/mol. The third kappa shape index (κ3) is 7.96. The summed E-state index contributed by atoms with van der Waals surface area (Å²) in [6.07, 6.45) is 7.25. The molecule has 0 bridgehead atoms. The molecule has 1 amide bonds. The average Bonchev–Trinajstić information content (AvgIpc) is 3.09. The number of nitrogens with zero attached hydrogens (tertiary/aromatic N) is 1. The summed E-state index contributed by atoms with van der Waals surface area (Å²) in [6, 6.07) is 37.5. The van der Waals surface area contributed by atoms with E-state index < -0.39 is 0 Å². The standard InChI is InChI=1S/C40H48N2O3/c1-31(43)41-26-14-24-40(34-19-9-5-10-20-34,35-21-11-6-12-22-35)25-15-27-42(30-32-16-7-4-8-17-32)37-23-13-18-33-28-38(44-2)39(45-3)29-36(33)37/h4-12,16-17,19-22,28-29,37H,13-15,18,23-27,30H2,1-3H3,(H,41,43). The minimum absolute atomic E-state index is 0.0265. The van der Waals surface area contributed by atoms with Crippen LogP contribution in [-0.2, 0) is 23.2 Å². The Morgan fingerprint density at radius 3 is 2.00 bits per heavy atom. The Balaban J connectivity index is 1.46. The quantitative estimate of drug-likeness (QED) is 0.139. The Kier molecular flexibility index (Phi) is 11.3. The van der Waals surface area contributed by atoms with Crippen molar-refractivity contribution in [2.75, 3.05) is 27.3 Å². The molecule has 5 rings (SSSR count). The maximum absolute atomic E-state index is 11.7. The van der Waals surface area contributed by atoms with Gasteiger partial charge in [0.15, 0.2) is 11.5 Å². The Bertz CT molecular complexity index is 1450. The number of fused-ring (bicyclic) bond motifs is 1. The number of nitrogens with one attached hydrogen (secondary N) is 1. The summed E-state index contributed by atoms with van der Waals surface area (Å²) in [5.41, 5.74) is 6.59. The molecule has 5 nitrogen and oxygen atoms in total. The van der Waals surface area contributed by atoms with Crippen LogP contribution in [0.25, 0.3) is 0 Å². The topological polar surface area (TPSA) is 50.8 Å². The van der Waals surface area contributed by atoms with Gasteiger partial charge in [0.2, 0.25) is 5.91 Å². The van der Waals surface area contributed by atoms with E-state index in [1.54, 1.807) is 21.1 Å². The minimum Gasteiger partial charge on any atom is -0.493 e. The van der Waals surface area contributed by atoms with E-state index in [1.807, 2.05) is 0 Å². The van der Waals surface area contributed by atoms with E-state index in [-0.39, 0.29) is 11.3 Å². The summed E-state index contributed by atoms with van der Waals surface area (Å²) in [5, 5.41) is 3.03. The number of aryl methyl sites for hydroxylation is 1. The fraction of sp³-hybridized carbons (Fsp3) is 0.375. The van der Waals surface area contributed by atoms with E-state index in [0.717, 1.165) is 69.5 Å². The van der Waals surface area contributed by atoms with Gasteiger partial charge in [-0.2, -0.15) is 0 Å². The molecule has 0 saturated carbocycles. The van der Waals surface area contributed by atoms with Crippen molar-refractivity contribution in [3.8, 4) is 11.5 Å². The molecule has 4 aromatic carbocycles. The maximum atomic E-state index is 11.7. The van der Waals surface area contributed by atoms with E-state index in [4.69, 9.17) is 9.47 Å². The molecule has 5 heteroatoms. The van der Waals surface area contributed by atoms with Crippen molar-refractivity contribution in [2.24, 2.45) is 0 Å². The van der Waals surface area contributed by atoms with Gasteiger partial charge in [-0.15, -0.1) is 0 Å². The smallest absolute Gasteiger partial charge is 0.216 e. The molecule has 0 fully saturated rings. The van der Waals surface area contributed by atoms with Crippen molar-refractivity contribution >= 4 is 5.91 Å². The van der Waals surface area contributed by atoms with Crippen LogP contribution in [0.3, 0.4) is 0 Å². The molecule has 0 spiro atoms. The highest BCUT2D eigenvalue weighted by molar-refractivity contribution is 5.72. The van der Waals surface area contributed by atoms with Crippen LogP contribution in [0, 0.1) is 0 Å². The Hall–Kier alpha value is -4.09. The second-order valence-electron chi connectivity index (χ2n) is 12.3. The summed E-state index contributed by atoms with van der Waals surface area (Å²) in [5.74, 6) is 1.63. The molecule has 0 aromatic heterocycles. The van der Waals surface area contributed by atoms with Gasteiger partial charge in [0.25, 0.3) is 0 Å². The fourth-order valence-corrected chi connectivity index (χ4v) is 7.27. The number of ether oxygens (including phenoxy) is 2. The van der Waals surface area contributed by atoms with Crippen molar-refractivity contribution in [2.45, 2.75) is 69.9 Å². The molecular formula is C40H48N2O3. The monoisotopic (exact) mass is 604 g/mol. The van der Waals surface area contributed by atoms with Crippen molar-refractivity contribution in [3.05, 3.63) is 131 Å². The molecule has 0 radical (unpaired) electrons. The van der Waals surface area contributed by atoms with Gasteiger partial charge in [-0.3, -0.25) is 9.69 Å². The van der Waals surface area contributed by atoms with Gasteiger partial charge >= 0.3 is 0 Å². The normalized spacial score (nSPS) is 14.5. The van der Waals surface area contributed by atoms with Crippen LogP contribution in [-0.4, -0.2) is 38.1 Å². The second-order valence-corrected chi connectivity index (χ2v) is 12.3. The lowest BCUT2D eigenvalue weighted by Gasteiger charge is -2.39. The largest absolute Gasteiger partial charge is 0.493 e. The van der Waals surface area contributed by atoms with Crippen molar-refractivity contribution < 1.29 is 14.3 Å². The van der Waals surface area contributed by atoms with Crippen molar-refractivity contribution in [1.29, 1.82) is 0 Å². The minimum atomic E-state index is -0.152. The predicted molar refractivity (Wildman–Crippen MR) is 183 cm³/mol. The molecule has 45 heavy (non-hydrogen) atoms. The summed E-state index contributed by atoms with van der Waals surface area (Å²) in [7, 11) is 3.44. The first-order valence-corrected chi connectivity index (χ1v) is 16.4. The van der Waals surface area contributed by atoms with Gasteiger partial charge in [0, 0.05) is 31.5 Å². The number of carbonyl (C=O) groups excluding carboxylic acids is 1. The van der Waals surface area contributed by atoms with Gasteiger partial charge < -0.3 is 14.8 Å². The summed E-state index contributed by atoms with van der Waals surface area (Å²) in [6.45, 7) is 4.14. The van der Waals surface area contributed by atoms with Crippen LogP contribution in [0.15, 0.2) is 103 Å². The van der Waals surface area contributed by atoms with Crippen LogP contribution >= 0.6 is 0 Å². The van der Waals surface area contributed by atoms with Crippen LogP contribution in [0.5, 0.6) is 11.5 Å². The molecule has 1 N–H and O–H groups in total. The van der Waals surface area contributed by atoms with E-state index in [2.05, 4.69) is 113 Å². The summed E-state index contributed by atoms with van der Waals surface area (Å²) < 4.78 is 11.4. The number of benzene rings is 4. The third-order valence-electron chi connectivity index (χ3n) is 9.45. The van der Waals surface area contributed by atoms with Crippen LogP contribution in [0.2, 0.25) is 0 Å². The molecule has 4 aromatic rings. The van der Waals surface area contributed by atoms with Gasteiger partial charge in [-0.25, -0.2) is 0 Å². The van der Waals surface area contributed by atoms with E-state index in [9.17, 15) is 4.79 Å². The highest BCUT2D eigenvalue weighted by Crippen LogP contribution is 2.43. The number of hydrogen-bond donors (Lipinski definition) is 1. The predicted octanol–water partition coefficient (Wildman–Crippen LogP) is 8.27. The first-order chi connectivity index (χ1) is 22.0. The highest BCUT2D eigenvalue weighted by Gasteiger charge is 2.34. The first kappa shape index (κ1) is 32.3. The molecule has 1 atom stereocenters. The van der Waals surface area contributed by atoms with Gasteiger partial charge in [0.1, 0.15) is 0 Å². The lowest BCUT2D eigenvalue weighted by molar-refractivity contribution is -0.118. The van der Waals surface area contributed by atoms with Crippen molar-refractivity contribution in [1.82, 2.24) is 10.2 Å². The van der Waals surface area contributed by atoms with E-state index in [1.165, 1.54) is 27.8 Å². The third-order valence-corrected chi connectivity index (χ3v) is 9.45. The zero-order valence-corrected chi connectivity index (χ0v) is 27.1. The molecule has 1 aliphatic rings. The zero-order chi connectivity index (χ0) is 31.5. The van der Waals surface area contributed by atoms with Crippen molar-refractivity contribution in [3.63, 3.8) is 0 Å². The Morgan fingerprint density at radius 1 is 0.822 bits per heavy atom. The lowest BCUT2D eigenvalue weighted by atomic mass is 9.68. The second kappa shape index (κ2) is 15.8. The van der Waals surface area contributed by atoms with E-state index >= 15 is 0 Å². The summed E-state index contributed by atoms with van der Waals surface area (Å²) in [4.78, 5) is 14.4. The highest BCUT2D eigenvalue weighted by atomic mass is 16.5. The zero-order valence-electron chi connectivity index (χ0n) is 27.1. The number of methoxy groups -OCH3 is 2. The SMILES string of the molecule is COc1cc2c(cc1OC)C(N(CCCC(CCCNC(C)=O)(c1ccccc1)c1ccccc1)Cc1ccccc1)CCC2. The van der Waals surface area contributed by atoms with Gasteiger partial charge in [-0.1, -0.05) is 91.0 Å². The van der Waals surface area contributed by atoms with Gasteiger partial charge in [0.05, 0.1) is 14.2 Å². The first-order valence-electron chi connectivity index (χ1n) is 16.4. The Morgan fingerprint density at radius 2 is 1.40 bits per heavy atom. The molecule has 1 aliphatic carbocycles. The number of amides is 1. The lowest BCUT2D eigenvalue weighted by Crippen LogP contribution is -2.34. The molecule has 0 saturated heterocycles. The maximum Gasteiger partial charge on any atom is 0.216 e. The molecule has 236 valence electrons. The molecule has 0 heterocycles. The molecule has 0 aliphatic heterocycles. The number of carbonyl (C=O) groups is 1. The Labute approximate surface area is 269 Å². The van der Waals surface area contributed by atoms with Gasteiger partial charge in [-0.05, 0) is 91.4 Å². The molecule has 1 unspecified atom stereocenters. The van der Waals surface area contributed by atoms with E-state index in [0.29, 0.717) is 12.6 Å². The number of rotatable bonds is 15. The van der Waals surface area contributed by atoms with Crippen LogP contribution in [0.1, 0.15) is 79.3 Å². The van der Waals surface area contributed by atoms with Crippen LogP contribution < -0.4 is 14.8 Å². The average molecular weight is 605 g/mol. The number of hydrogen-bond acceptors (Lipinski definition) is 4. The summed E-state index contributed by atoms with van der Waals surface area (Å²) >= 11 is 0.